The Kier molecular flexibility index (Phi) is 9.08. The molecular formula is C19H32ClN5. The zero-order valence-electron chi connectivity index (χ0n) is 15.6. The molecule has 0 radical (unpaired) electrons. The van der Waals surface area contributed by atoms with Crippen LogP contribution >= 0.6 is 11.6 Å². The molecule has 6 heteroatoms. The molecule has 0 aliphatic carbocycles. The first-order valence-electron chi connectivity index (χ1n) is 9.35. The van der Waals surface area contributed by atoms with E-state index < -0.39 is 0 Å². The molecule has 0 spiro atoms. The molecule has 0 saturated carbocycles. The Hall–Kier alpha value is -1.30. The summed E-state index contributed by atoms with van der Waals surface area (Å²) in [4.78, 5) is 9.61. The summed E-state index contributed by atoms with van der Waals surface area (Å²) >= 11 is 5.92. The fourth-order valence-electron chi connectivity index (χ4n) is 2.84. The summed E-state index contributed by atoms with van der Waals surface area (Å²) in [5.74, 6) is 0.886. The molecule has 0 aromatic heterocycles. The van der Waals surface area contributed by atoms with Crippen LogP contribution in [0.5, 0.6) is 0 Å². The van der Waals surface area contributed by atoms with Gasteiger partial charge in [-0.1, -0.05) is 23.7 Å². The predicted molar refractivity (Wildman–Crippen MR) is 107 cm³/mol. The van der Waals surface area contributed by atoms with Crippen LogP contribution < -0.4 is 10.6 Å². The second-order valence-electron chi connectivity index (χ2n) is 6.60. The molecule has 5 nitrogen and oxygen atoms in total. The molecule has 0 amide bonds. The third-order valence-electron chi connectivity index (χ3n) is 4.47. The maximum Gasteiger partial charge on any atom is 0.191 e. The lowest BCUT2D eigenvalue weighted by molar-refractivity contribution is 0.152. The van der Waals surface area contributed by atoms with Crippen molar-refractivity contribution < 1.29 is 0 Å². The average Bonchev–Trinajstić information content (AvgIpc) is 2.62. The van der Waals surface area contributed by atoms with Gasteiger partial charge in [0, 0.05) is 44.3 Å². The molecule has 2 rings (SSSR count). The number of piperazine rings is 1. The number of guanidine groups is 1. The molecule has 0 atom stereocenters. The predicted octanol–water partition coefficient (Wildman–Crippen LogP) is 2.42. The van der Waals surface area contributed by atoms with Crippen molar-refractivity contribution in [1.29, 1.82) is 0 Å². The summed E-state index contributed by atoms with van der Waals surface area (Å²) in [6.45, 7) is 10.6. The minimum absolute atomic E-state index is 0.661. The first-order chi connectivity index (χ1) is 12.2. The number of unbranched alkanes of at least 4 members (excludes halogenated alkanes) is 1. The molecule has 25 heavy (non-hydrogen) atoms. The van der Waals surface area contributed by atoms with Gasteiger partial charge >= 0.3 is 0 Å². The summed E-state index contributed by atoms with van der Waals surface area (Å²) in [5.41, 5.74) is 1.16. The number of likely N-dealkylation sites (N-methyl/N-ethyl adjacent to an activating group) is 1. The lowest BCUT2D eigenvalue weighted by atomic mass is 10.2. The second-order valence-corrected chi connectivity index (χ2v) is 7.04. The Bertz CT molecular complexity index is 509. The standard InChI is InChI=1S/C19H32ClN5/c1-3-21-19(23-16-17-6-8-18(20)9-7-17)22-10-4-5-11-25-14-12-24(2)13-15-25/h6-9H,3-5,10-16H2,1-2H3,(H2,21,22,23). The largest absolute Gasteiger partial charge is 0.357 e. The van der Waals surface area contributed by atoms with E-state index in [1.165, 1.54) is 39.1 Å². The number of aliphatic imine (C=N–C) groups is 1. The highest BCUT2D eigenvalue weighted by Crippen LogP contribution is 2.10. The fourth-order valence-corrected chi connectivity index (χ4v) is 2.97. The Labute approximate surface area is 157 Å². The van der Waals surface area contributed by atoms with Gasteiger partial charge in [0.25, 0.3) is 0 Å². The van der Waals surface area contributed by atoms with Crippen LogP contribution in [-0.2, 0) is 6.54 Å². The molecule has 1 aliphatic rings. The second kappa shape index (κ2) is 11.3. The van der Waals surface area contributed by atoms with Crippen LogP contribution in [0, 0.1) is 0 Å². The highest BCUT2D eigenvalue weighted by Gasteiger charge is 2.12. The summed E-state index contributed by atoms with van der Waals surface area (Å²) < 4.78 is 0. The van der Waals surface area contributed by atoms with E-state index in [1.807, 2.05) is 24.3 Å². The number of hydrogen-bond donors (Lipinski definition) is 2. The van der Waals surface area contributed by atoms with Crippen molar-refractivity contribution in [3.8, 4) is 0 Å². The quantitative estimate of drug-likeness (QED) is 0.422. The SMILES string of the molecule is CCNC(=NCc1ccc(Cl)cc1)NCCCCN1CCN(C)CC1. The van der Waals surface area contributed by atoms with Gasteiger partial charge in [-0.25, -0.2) is 4.99 Å². The summed E-state index contributed by atoms with van der Waals surface area (Å²) in [6.07, 6.45) is 2.39. The van der Waals surface area contributed by atoms with Crippen molar-refractivity contribution in [2.75, 3.05) is 52.9 Å². The molecule has 1 aliphatic heterocycles. The Morgan fingerprint density at radius 2 is 1.80 bits per heavy atom. The lowest BCUT2D eigenvalue weighted by Crippen LogP contribution is -2.44. The number of halogens is 1. The Balaban J connectivity index is 1.64. The number of hydrogen-bond acceptors (Lipinski definition) is 3. The van der Waals surface area contributed by atoms with Gasteiger partial charge < -0.3 is 20.4 Å². The van der Waals surface area contributed by atoms with Gasteiger partial charge in [-0.15, -0.1) is 0 Å². The number of nitrogens with one attached hydrogen (secondary N) is 2. The molecule has 1 fully saturated rings. The van der Waals surface area contributed by atoms with Gasteiger partial charge in [-0.3, -0.25) is 0 Å². The number of benzene rings is 1. The van der Waals surface area contributed by atoms with Crippen molar-refractivity contribution in [3.05, 3.63) is 34.9 Å². The van der Waals surface area contributed by atoms with Gasteiger partial charge in [0.1, 0.15) is 0 Å². The van der Waals surface area contributed by atoms with Gasteiger partial charge in [0.2, 0.25) is 0 Å². The van der Waals surface area contributed by atoms with Gasteiger partial charge in [-0.05, 0) is 51.1 Å². The molecule has 0 bridgehead atoms. The summed E-state index contributed by atoms with van der Waals surface area (Å²) in [6, 6.07) is 7.85. The van der Waals surface area contributed by atoms with Gasteiger partial charge in [0.05, 0.1) is 6.54 Å². The molecule has 1 saturated heterocycles. The zero-order chi connectivity index (χ0) is 17.9. The van der Waals surface area contributed by atoms with E-state index >= 15 is 0 Å². The van der Waals surface area contributed by atoms with E-state index in [0.29, 0.717) is 6.54 Å². The lowest BCUT2D eigenvalue weighted by Gasteiger charge is -2.32. The minimum atomic E-state index is 0.661. The highest BCUT2D eigenvalue weighted by atomic mass is 35.5. The van der Waals surface area contributed by atoms with Gasteiger partial charge in [-0.2, -0.15) is 0 Å². The zero-order valence-corrected chi connectivity index (χ0v) is 16.4. The van der Waals surface area contributed by atoms with Crippen molar-refractivity contribution in [2.45, 2.75) is 26.3 Å². The average molecular weight is 366 g/mol. The maximum atomic E-state index is 5.92. The molecule has 2 N–H and O–H groups in total. The van der Waals surface area contributed by atoms with Crippen LogP contribution in [0.2, 0.25) is 5.02 Å². The molecule has 1 heterocycles. The minimum Gasteiger partial charge on any atom is -0.357 e. The normalized spacial score (nSPS) is 16.8. The summed E-state index contributed by atoms with van der Waals surface area (Å²) in [7, 11) is 2.20. The molecule has 0 unspecified atom stereocenters. The van der Waals surface area contributed by atoms with E-state index in [2.05, 4.69) is 39.4 Å². The van der Waals surface area contributed by atoms with Crippen LogP contribution in [0.4, 0.5) is 0 Å². The van der Waals surface area contributed by atoms with E-state index in [0.717, 1.165) is 36.1 Å². The van der Waals surface area contributed by atoms with Crippen molar-refractivity contribution >= 4 is 17.6 Å². The van der Waals surface area contributed by atoms with E-state index in [9.17, 15) is 0 Å². The summed E-state index contributed by atoms with van der Waals surface area (Å²) in [5, 5.41) is 7.50. The van der Waals surface area contributed by atoms with Crippen molar-refractivity contribution in [2.24, 2.45) is 4.99 Å². The van der Waals surface area contributed by atoms with Gasteiger partial charge in [0.15, 0.2) is 5.96 Å². The van der Waals surface area contributed by atoms with Crippen LogP contribution in [0.3, 0.4) is 0 Å². The first-order valence-corrected chi connectivity index (χ1v) is 9.72. The number of nitrogens with zero attached hydrogens (tertiary/aromatic N) is 3. The number of rotatable bonds is 8. The molecular weight excluding hydrogens is 334 g/mol. The molecule has 140 valence electrons. The molecule has 1 aromatic carbocycles. The molecule has 1 aromatic rings. The van der Waals surface area contributed by atoms with E-state index in [-0.39, 0.29) is 0 Å². The topological polar surface area (TPSA) is 42.9 Å². The third-order valence-corrected chi connectivity index (χ3v) is 4.72. The monoisotopic (exact) mass is 365 g/mol. The Morgan fingerprint density at radius 1 is 1.08 bits per heavy atom. The van der Waals surface area contributed by atoms with Crippen LogP contribution in [0.25, 0.3) is 0 Å². The smallest absolute Gasteiger partial charge is 0.191 e. The first kappa shape index (κ1) is 20.0. The van der Waals surface area contributed by atoms with E-state index in [1.54, 1.807) is 0 Å². The van der Waals surface area contributed by atoms with Crippen LogP contribution in [0.1, 0.15) is 25.3 Å². The van der Waals surface area contributed by atoms with Crippen molar-refractivity contribution in [1.82, 2.24) is 20.4 Å². The van der Waals surface area contributed by atoms with Crippen LogP contribution in [-0.4, -0.2) is 68.6 Å². The van der Waals surface area contributed by atoms with E-state index in [4.69, 9.17) is 11.6 Å². The third kappa shape index (κ3) is 8.08. The van der Waals surface area contributed by atoms with Crippen molar-refractivity contribution in [3.63, 3.8) is 0 Å². The van der Waals surface area contributed by atoms with Crippen LogP contribution in [0.15, 0.2) is 29.3 Å². The maximum absolute atomic E-state index is 5.92. The Morgan fingerprint density at radius 3 is 2.48 bits per heavy atom. The highest BCUT2D eigenvalue weighted by molar-refractivity contribution is 6.30. The fraction of sp³-hybridized carbons (Fsp3) is 0.632.